The predicted molar refractivity (Wildman–Crippen MR) is 74.3 cm³/mol. The van der Waals surface area contributed by atoms with Gasteiger partial charge in [0, 0.05) is 19.3 Å². The van der Waals surface area contributed by atoms with E-state index < -0.39 is 6.10 Å². The molecule has 0 amide bonds. The minimum atomic E-state index is -0.449. The largest absolute Gasteiger partial charge is 0.458 e. The normalized spacial score (nSPS) is 39.0. The Hall–Kier alpha value is -1.62. The van der Waals surface area contributed by atoms with E-state index in [1.54, 1.807) is 0 Å². The smallest absolute Gasteiger partial charge is 0.306 e. The van der Waals surface area contributed by atoms with Crippen molar-refractivity contribution < 1.29 is 23.8 Å². The van der Waals surface area contributed by atoms with E-state index in [1.807, 2.05) is 24.3 Å². The summed E-state index contributed by atoms with van der Waals surface area (Å²) in [5.74, 6) is -0.385. The number of hydrogen-bond acceptors (Lipinski definition) is 5. The van der Waals surface area contributed by atoms with Crippen LogP contribution in [0.2, 0.25) is 0 Å². The molecule has 0 N–H and O–H groups in total. The molecule has 5 nitrogen and oxygen atoms in total. The summed E-state index contributed by atoms with van der Waals surface area (Å²) in [5, 5.41) is 0. The molecule has 0 aromatic heterocycles. The molecule has 114 valence electrons. The van der Waals surface area contributed by atoms with Crippen molar-refractivity contribution in [3.63, 3.8) is 0 Å². The molecule has 0 aromatic carbocycles. The highest BCUT2D eigenvalue weighted by molar-refractivity contribution is 5.72. The number of rotatable bonds is 3. The van der Waals surface area contributed by atoms with E-state index >= 15 is 0 Å². The topological polar surface area (TPSA) is 61.8 Å². The molecule has 2 fully saturated rings. The maximum Gasteiger partial charge on any atom is 0.306 e. The summed E-state index contributed by atoms with van der Waals surface area (Å²) >= 11 is 0. The van der Waals surface area contributed by atoms with Crippen molar-refractivity contribution in [1.82, 2.24) is 0 Å². The van der Waals surface area contributed by atoms with Crippen LogP contribution >= 0.6 is 0 Å². The van der Waals surface area contributed by atoms with Gasteiger partial charge in [0.25, 0.3) is 0 Å². The second-order valence-corrected chi connectivity index (χ2v) is 5.91. The molecule has 0 radical (unpaired) electrons. The molecule has 21 heavy (non-hydrogen) atoms. The Morgan fingerprint density at radius 3 is 2.67 bits per heavy atom. The molecule has 0 aliphatic carbocycles. The standard InChI is InChI=1S/C16H20O5/c1-9-11-5-3-4-6-12(20-11)15(9)16(19-10(2)17)13-7-8-14(18)21-13/h3-6,9,11-13,15-16H,7-8H2,1-2H3/t9-,11-,12+,13+,15-,16+/m1/s1. The Morgan fingerprint density at radius 2 is 2.05 bits per heavy atom. The first-order valence-corrected chi connectivity index (χ1v) is 7.43. The van der Waals surface area contributed by atoms with E-state index in [2.05, 4.69) is 6.92 Å². The van der Waals surface area contributed by atoms with Gasteiger partial charge in [0.1, 0.15) is 12.2 Å². The van der Waals surface area contributed by atoms with Crippen LogP contribution < -0.4 is 0 Å². The monoisotopic (exact) mass is 292 g/mol. The van der Waals surface area contributed by atoms with E-state index in [-0.39, 0.29) is 42.1 Å². The molecule has 3 heterocycles. The molecule has 2 saturated heterocycles. The fourth-order valence-corrected chi connectivity index (χ4v) is 3.51. The average molecular weight is 292 g/mol. The Labute approximate surface area is 123 Å². The zero-order chi connectivity index (χ0) is 15.0. The van der Waals surface area contributed by atoms with Gasteiger partial charge in [0.05, 0.1) is 12.2 Å². The van der Waals surface area contributed by atoms with E-state index in [0.29, 0.717) is 12.8 Å². The van der Waals surface area contributed by atoms with E-state index in [9.17, 15) is 9.59 Å². The summed E-state index contributed by atoms with van der Waals surface area (Å²) in [7, 11) is 0. The minimum Gasteiger partial charge on any atom is -0.458 e. The number of hydrogen-bond donors (Lipinski definition) is 0. The lowest BCUT2D eigenvalue weighted by Gasteiger charge is -2.32. The number of fused-ring (bicyclic) bond motifs is 2. The molecule has 0 spiro atoms. The summed E-state index contributed by atoms with van der Waals surface area (Å²) in [6.45, 7) is 3.48. The Kier molecular flexibility index (Phi) is 3.85. The quantitative estimate of drug-likeness (QED) is 0.742. The molecule has 0 saturated carbocycles. The van der Waals surface area contributed by atoms with Crippen LogP contribution in [0.1, 0.15) is 26.7 Å². The lowest BCUT2D eigenvalue weighted by atomic mass is 9.80. The fourth-order valence-electron chi connectivity index (χ4n) is 3.51. The first kappa shape index (κ1) is 14.3. The van der Waals surface area contributed by atoms with Crippen LogP contribution in [-0.2, 0) is 23.8 Å². The second-order valence-electron chi connectivity index (χ2n) is 5.91. The lowest BCUT2D eigenvalue weighted by Crippen LogP contribution is -2.43. The van der Waals surface area contributed by atoms with Gasteiger partial charge in [-0.25, -0.2) is 0 Å². The summed E-state index contributed by atoms with van der Waals surface area (Å²) in [4.78, 5) is 22.9. The molecule has 0 unspecified atom stereocenters. The number of cyclic esters (lactones) is 1. The predicted octanol–water partition coefficient (Wildman–Crippen LogP) is 1.77. The third-order valence-electron chi connectivity index (χ3n) is 4.50. The third kappa shape index (κ3) is 2.75. The van der Waals surface area contributed by atoms with Crippen molar-refractivity contribution in [3.8, 4) is 0 Å². The first-order valence-electron chi connectivity index (χ1n) is 7.43. The summed E-state index contributed by atoms with van der Waals surface area (Å²) < 4.78 is 16.9. The van der Waals surface area contributed by atoms with Crippen molar-refractivity contribution in [3.05, 3.63) is 24.3 Å². The van der Waals surface area contributed by atoms with Gasteiger partial charge in [0.15, 0.2) is 0 Å². The van der Waals surface area contributed by atoms with Crippen molar-refractivity contribution in [2.75, 3.05) is 0 Å². The van der Waals surface area contributed by atoms with Crippen LogP contribution in [-0.4, -0.2) is 36.4 Å². The van der Waals surface area contributed by atoms with Gasteiger partial charge in [-0.3, -0.25) is 9.59 Å². The highest BCUT2D eigenvalue weighted by Crippen LogP contribution is 2.41. The van der Waals surface area contributed by atoms with Crippen LogP contribution in [0.25, 0.3) is 0 Å². The molecule has 2 bridgehead atoms. The Balaban J connectivity index is 1.85. The van der Waals surface area contributed by atoms with Gasteiger partial charge in [0.2, 0.25) is 0 Å². The highest BCUT2D eigenvalue weighted by atomic mass is 16.6. The number of allylic oxidation sites excluding steroid dienone is 2. The molecule has 3 rings (SSSR count). The van der Waals surface area contributed by atoms with E-state index in [0.717, 1.165) is 0 Å². The maximum atomic E-state index is 11.5. The summed E-state index contributed by atoms with van der Waals surface area (Å²) in [6.07, 6.45) is 7.98. The van der Waals surface area contributed by atoms with Gasteiger partial charge in [-0.05, 0) is 12.3 Å². The van der Waals surface area contributed by atoms with Crippen molar-refractivity contribution in [2.24, 2.45) is 11.8 Å². The minimum absolute atomic E-state index is 0.00370. The third-order valence-corrected chi connectivity index (χ3v) is 4.50. The van der Waals surface area contributed by atoms with Crippen molar-refractivity contribution in [2.45, 2.75) is 51.1 Å². The van der Waals surface area contributed by atoms with Crippen LogP contribution in [0, 0.1) is 11.8 Å². The van der Waals surface area contributed by atoms with Gasteiger partial charge in [-0.15, -0.1) is 0 Å². The zero-order valence-corrected chi connectivity index (χ0v) is 12.2. The van der Waals surface area contributed by atoms with Gasteiger partial charge >= 0.3 is 11.9 Å². The number of esters is 2. The lowest BCUT2D eigenvalue weighted by molar-refractivity contribution is -0.166. The molecule has 0 aromatic rings. The Morgan fingerprint density at radius 1 is 1.33 bits per heavy atom. The van der Waals surface area contributed by atoms with Crippen molar-refractivity contribution >= 4 is 11.9 Å². The van der Waals surface area contributed by atoms with Gasteiger partial charge < -0.3 is 14.2 Å². The molecular weight excluding hydrogens is 272 g/mol. The molecular formula is C16H20O5. The van der Waals surface area contributed by atoms with Crippen LogP contribution in [0.3, 0.4) is 0 Å². The van der Waals surface area contributed by atoms with Gasteiger partial charge in [-0.2, -0.15) is 0 Å². The molecule has 5 heteroatoms. The summed E-state index contributed by atoms with van der Waals surface area (Å²) in [5.41, 5.74) is 0. The second kappa shape index (κ2) is 5.64. The van der Waals surface area contributed by atoms with Crippen LogP contribution in [0.5, 0.6) is 0 Å². The zero-order valence-electron chi connectivity index (χ0n) is 12.2. The van der Waals surface area contributed by atoms with Crippen LogP contribution in [0.15, 0.2) is 24.3 Å². The Bertz CT molecular complexity index is 495. The highest BCUT2D eigenvalue weighted by Gasteiger charge is 2.50. The molecule has 6 atom stereocenters. The van der Waals surface area contributed by atoms with E-state index in [4.69, 9.17) is 14.2 Å². The molecule has 3 aliphatic rings. The first-order chi connectivity index (χ1) is 10.1. The number of ether oxygens (including phenoxy) is 3. The number of carbonyl (C=O) groups excluding carboxylic acids is 2. The average Bonchev–Trinajstić information content (AvgIpc) is 2.86. The van der Waals surface area contributed by atoms with Gasteiger partial charge in [-0.1, -0.05) is 31.2 Å². The van der Waals surface area contributed by atoms with Crippen molar-refractivity contribution in [1.29, 1.82) is 0 Å². The summed E-state index contributed by atoms with van der Waals surface area (Å²) in [6, 6.07) is 0. The van der Waals surface area contributed by atoms with Crippen LogP contribution in [0.4, 0.5) is 0 Å². The fraction of sp³-hybridized carbons (Fsp3) is 0.625. The number of carbonyl (C=O) groups is 2. The maximum absolute atomic E-state index is 11.5. The SMILES string of the molecule is CC(=O)O[C@H]([C@@H]1[C@H](C)[C@H]2C=CC=C[C@@H]1O2)[C@@H]1CCC(=O)O1. The molecule has 3 aliphatic heterocycles. The van der Waals surface area contributed by atoms with E-state index in [1.165, 1.54) is 6.92 Å².